The molecule has 1 aliphatic heterocycles. The van der Waals surface area contributed by atoms with Gasteiger partial charge in [0.15, 0.2) is 6.29 Å². The normalized spacial score (nSPS) is 23.0. The molecule has 1 aromatic rings. The summed E-state index contributed by atoms with van der Waals surface area (Å²) in [6.45, 7) is 2.57. The summed E-state index contributed by atoms with van der Waals surface area (Å²) in [5.41, 5.74) is 0.991. The van der Waals surface area contributed by atoms with E-state index in [-0.39, 0.29) is 18.5 Å². The second-order valence-electron chi connectivity index (χ2n) is 3.95. The third kappa shape index (κ3) is 3.45. The van der Waals surface area contributed by atoms with E-state index in [1.807, 2.05) is 12.1 Å². The van der Waals surface area contributed by atoms with E-state index in [0.717, 1.165) is 5.56 Å². The molecule has 2 atom stereocenters. The van der Waals surface area contributed by atoms with Gasteiger partial charge in [-0.1, -0.05) is 23.7 Å². The van der Waals surface area contributed by atoms with Crippen molar-refractivity contribution in [3.8, 4) is 0 Å². The largest absolute Gasteiger partial charge is 0.466 e. The molecule has 2 rings (SSSR count). The Bertz CT molecular complexity index is 404. The van der Waals surface area contributed by atoms with Gasteiger partial charge >= 0.3 is 5.97 Å². The first kappa shape index (κ1) is 13.3. The summed E-state index contributed by atoms with van der Waals surface area (Å²) >= 11 is 5.82. The second kappa shape index (κ2) is 6.18. The van der Waals surface area contributed by atoms with Crippen LogP contribution in [-0.4, -0.2) is 25.5 Å². The molecular weight excluding hydrogens is 256 g/mol. The molecule has 0 saturated carbocycles. The van der Waals surface area contributed by atoms with E-state index in [1.54, 1.807) is 19.1 Å². The van der Waals surface area contributed by atoms with Gasteiger partial charge in [-0.15, -0.1) is 0 Å². The molecular formula is C13H15ClO4. The highest BCUT2D eigenvalue weighted by atomic mass is 35.5. The molecule has 0 aromatic heterocycles. The quantitative estimate of drug-likeness (QED) is 0.789. The van der Waals surface area contributed by atoms with Crippen molar-refractivity contribution in [3.05, 3.63) is 34.9 Å². The molecule has 1 aromatic carbocycles. The minimum Gasteiger partial charge on any atom is -0.466 e. The van der Waals surface area contributed by atoms with E-state index in [4.69, 9.17) is 25.8 Å². The van der Waals surface area contributed by atoms with Gasteiger partial charge in [0, 0.05) is 5.02 Å². The molecule has 0 amide bonds. The average molecular weight is 271 g/mol. The maximum Gasteiger partial charge on any atom is 0.310 e. The molecule has 0 spiro atoms. The summed E-state index contributed by atoms with van der Waals surface area (Å²) in [5, 5.41) is 0.681. The predicted octanol–water partition coefficient (Wildman–Crippen LogP) is 2.71. The first-order valence-electron chi connectivity index (χ1n) is 5.87. The Balaban J connectivity index is 1.88. The van der Waals surface area contributed by atoms with Crippen LogP contribution in [0.5, 0.6) is 0 Å². The van der Waals surface area contributed by atoms with Crippen molar-refractivity contribution in [3.63, 3.8) is 0 Å². The van der Waals surface area contributed by atoms with Crippen molar-refractivity contribution in [2.75, 3.05) is 13.2 Å². The van der Waals surface area contributed by atoms with Crippen LogP contribution < -0.4 is 0 Å². The van der Waals surface area contributed by atoms with E-state index in [1.165, 1.54) is 0 Å². The molecule has 0 radical (unpaired) electrons. The van der Waals surface area contributed by atoms with Crippen LogP contribution in [0, 0.1) is 0 Å². The Morgan fingerprint density at radius 2 is 2.17 bits per heavy atom. The van der Waals surface area contributed by atoms with E-state index in [9.17, 15) is 4.79 Å². The lowest BCUT2D eigenvalue weighted by Gasteiger charge is -2.11. The number of hydrogen-bond acceptors (Lipinski definition) is 4. The minimum absolute atomic E-state index is 0.123. The molecule has 1 aliphatic rings. The Labute approximate surface area is 111 Å². The van der Waals surface area contributed by atoms with E-state index in [0.29, 0.717) is 18.2 Å². The van der Waals surface area contributed by atoms with Crippen molar-refractivity contribution in [1.82, 2.24) is 0 Å². The van der Waals surface area contributed by atoms with Gasteiger partial charge < -0.3 is 14.2 Å². The van der Waals surface area contributed by atoms with Gasteiger partial charge in [0.1, 0.15) is 6.10 Å². The highest BCUT2D eigenvalue weighted by Crippen LogP contribution is 2.28. The smallest absolute Gasteiger partial charge is 0.310 e. The third-order valence-corrected chi connectivity index (χ3v) is 2.88. The number of carbonyl (C=O) groups is 1. The average Bonchev–Trinajstić information content (AvgIpc) is 2.78. The van der Waals surface area contributed by atoms with Crippen molar-refractivity contribution >= 4 is 17.6 Å². The number of ether oxygens (including phenoxy) is 3. The monoisotopic (exact) mass is 270 g/mol. The fourth-order valence-corrected chi connectivity index (χ4v) is 1.90. The Morgan fingerprint density at radius 3 is 2.83 bits per heavy atom. The topological polar surface area (TPSA) is 44.8 Å². The highest BCUT2D eigenvalue weighted by molar-refractivity contribution is 6.30. The molecule has 0 aliphatic carbocycles. The zero-order valence-electron chi connectivity index (χ0n) is 10.1. The molecule has 98 valence electrons. The predicted molar refractivity (Wildman–Crippen MR) is 66.3 cm³/mol. The lowest BCUT2D eigenvalue weighted by molar-refractivity contribution is -0.152. The number of rotatable bonds is 4. The summed E-state index contributed by atoms with van der Waals surface area (Å²) in [5.74, 6) is -0.306. The van der Waals surface area contributed by atoms with Gasteiger partial charge in [-0.05, 0) is 24.6 Å². The van der Waals surface area contributed by atoms with Crippen LogP contribution in [0.25, 0.3) is 0 Å². The second-order valence-corrected chi connectivity index (χ2v) is 4.38. The summed E-state index contributed by atoms with van der Waals surface area (Å²) < 4.78 is 15.9. The number of halogens is 1. The minimum atomic E-state index is -0.523. The van der Waals surface area contributed by atoms with E-state index < -0.39 is 6.29 Å². The molecule has 5 heteroatoms. The van der Waals surface area contributed by atoms with Crippen LogP contribution in [0.4, 0.5) is 0 Å². The maximum absolute atomic E-state index is 11.3. The summed E-state index contributed by atoms with van der Waals surface area (Å²) in [6.07, 6.45) is -0.552. The first-order chi connectivity index (χ1) is 8.69. The lowest BCUT2D eigenvalue weighted by atomic mass is 10.1. The van der Waals surface area contributed by atoms with Crippen LogP contribution in [0.3, 0.4) is 0 Å². The van der Waals surface area contributed by atoms with Crippen molar-refractivity contribution in [2.24, 2.45) is 0 Å². The summed E-state index contributed by atoms with van der Waals surface area (Å²) in [7, 11) is 0. The zero-order valence-corrected chi connectivity index (χ0v) is 10.9. The number of benzene rings is 1. The van der Waals surface area contributed by atoms with Gasteiger partial charge in [-0.3, -0.25) is 4.79 Å². The standard InChI is InChI=1S/C13H15ClO4/c1-2-16-12(15)7-13-17-8-11(18-13)9-3-5-10(14)6-4-9/h3-6,11,13H,2,7-8H2,1H3. The van der Waals surface area contributed by atoms with Gasteiger partial charge in [0.25, 0.3) is 0 Å². The number of esters is 1. The van der Waals surface area contributed by atoms with Crippen LogP contribution in [0.1, 0.15) is 25.0 Å². The van der Waals surface area contributed by atoms with Crippen LogP contribution in [0.2, 0.25) is 5.02 Å². The van der Waals surface area contributed by atoms with Crippen molar-refractivity contribution in [2.45, 2.75) is 25.7 Å². The molecule has 1 fully saturated rings. The Hall–Kier alpha value is -1.10. The molecule has 1 saturated heterocycles. The fraction of sp³-hybridized carbons (Fsp3) is 0.462. The molecule has 0 N–H and O–H groups in total. The SMILES string of the molecule is CCOC(=O)CC1OCC(c2ccc(Cl)cc2)O1. The van der Waals surface area contributed by atoms with Crippen LogP contribution in [0.15, 0.2) is 24.3 Å². The first-order valence-corrected chi connectivity index (χ1v) is 6.25. The van der Waals surface area contributed by atoms with Gasteiger partial charge in [0.05, 0.1) is 19.6 Å². The van der Waals surface area contributed by atoms with Crippen molar-refractivity contribution in [1.29, 1.82) is 0 Å². The third-order valence-electron chi connectivity index (χ3n) is 2.63. The van der Waals surface area contributed by atoms with E-state index in [2.05, 4.69) is 0 Å². The molecule has 18 heavy (non-hydrogen) atoms. The van der Waals surface area contributed by atoms with E-state index >= 15 is 0 Å². The van der Waals surface area contributed by atoms with Crippen LogP contribution >= 0.6 is 11.6 Å². The van der Waals surface area contributed by atoms with Gasteiger partial charge in [-0.25, -0.2) is 0 Å². The zero-order chi connectivity index (χ0) is 13.0. The van der Waals surface area contributed by atoms with Gasteiger partial charge in [0.2, 0.25) is 0 Å². The lowest BCUT2D eigenvalue weighted by Crippen LogP contribution is -2.16. The van der Waals surface area contributed by atoms with Gasteiger partial charge in [-0.2, -0.15) is 0 Å². The molecule has 1 heterocycles. The molecule has 2 unspecified atom stereocenters. The highest BCUT2D eigenvalue weighted by Gasteiger charge is 2.29. The Kier molecular flexibility index (Phi) is 4.58. The fourth-order valence-electron chi connectivity index (χ4n) is 1.77. The molecule has 4 nitrogen and oxygen atoms in total. The van der Waals surface area contributed by atoms with Crippen molar-refractivity contribution < 1.29 is 19.0 Å². The summed E-state index contributed by atoms with van der Waals surface area (Å²) in [6, 6.07) is 7.39. The number of carbonyl (C=O) groups excluding carboxylic acids is 1. The maximum atomic E-state index is 11.3. The summed E-state index contributed by atoms with van der Waals surface area (Å²) in [4.78, 5) is 11.3. The molecule has 0 bridgehead atoms. The van der Waals surface area contributed by atoms with Crippen LogP contribution in [-0.2, 0) is 19.0 Å². The Morgan fingerprint density at radius 1 is 1.44 bits per heavy atom. The number of hydrogen-bond donors (Lipinski definition) is 0.